The van der Waals surface area contributed by atoms with Crippen molar-refractivity contribution >= 4 is 35.5 Å². The van der Waals surface area contributed by atoms with Crippen molar-refractivity contribution in [1.29, 1.82) is 0 Å². The number of halogens is 1. The summed E-state index contributed by atoms with van der Waals surface area (Å²) in [5, 5.41) is 0.207. The van der Waals surface area contributed by atoms with Crippen molar-refractivity contribution in [3.8, 4) is 22.8 Å². The minimum atomic E-state index is -0.650. The Labute approximate surface area is 226 Å². The summed E-state index contributed by atoms with van der Waals surface area (Å²) >= 11 is 6.21. The van der Waals surface area contributed by atoms with Crippen LogP contribution < -0.4 is 9.47 Å². The molecule has 0 N–H and O–H groups in total. The van der Waals surface area contributed by atoms with E-state index in [9.17, 15) is 9.59 Å². The van der Waals surface area contributed by atoms with Gasteiger partial charge in [-0.2, -0.15) is 0 Å². The summed E-state index contributed by atoms with van der Waals surface area (Å²) in [7, 11) is 0. The SMILES string of the molecule is CC=N/C(=C\CC)c1ccc(OC(=O)c2cc(Cl)cc(C(=O)Oc3ccc(-c4ccccn4)cc3)c2)cc1. The van der Waals surface area contributed by atoms with E-state index in [4.69, 9.17) is 21.1 Å². The molecule has 38 heavy (non-hydrogen) atoms. The normalized spacial score (nSPS) is 11.4. The number of benzene rings is 3. The lowest BCUT2D eigenvalue weighted by Crippen LogP contribution is -2.13. The van der Waals surface area contributed by atoms with E-state index in [0.717, 1.165) is 28.9 Å². The molecule has 0 unspecified atom stereocenters. The van der Waals surface area contributed by atoms with Crippen LogP contribution in [0.15, 0.2) is 102 Å². The highest BCUT2D eigenvalue weighted by molar-refractivity contribution is 6.31. The summed E-state index contributed by atoms with van der Waals surface area (Å²) in [5.41, 5.74) is 3.71. The van der Waals surface area contributed by atoms with Gasteiger partial charge in [-0.05, 0) is 92.2 Å². The van der Waals surface area contributed by atoms with E-state index in [-0.39, 0.29) is 16.1 Å². The minimum Gasteiger partial charge on any atom is -0.423 e. The van der Waals surface area contributed by atoms with E-state index in [2.05, 4.69) is 9.98 Å². The molecule has 4 aromatic rings. The highest BCUT2D eigenvalue weighted by Gasteiger charge is 2.16. The van der Waals surface area contributed by atoms with Gasteiger partial charge in [-0.25, -0.2) is 9.59 Å². The van der Waals surface area contributed by atoms with E-state index >= 15 is 0 Å². The molecule has 3 aromatic carbocycles. The number of esters is 2. The molecule has 0 aliphatic rings. The van der Waals surface area contributed by atoms with E-state index in [1.165, 1.54) is 18.2 Å². The molecule has 0 fully saturated rings. The molecule has 4 rings (SSSR count). The molecule has 1 aromatic heterocycles. The predicted octanol–water partition coefficient (Wildman–Crippen LogP) is 7.68. The monoisotopic (exact) mass is 524 g/mol. The number of rotatable bonds is 8. The number of hydrogen-bond donors (Lipinski definition) is 0. The lowest BCUT2D eigenvalue weighted by atomic mass is 10.1. The second-order valence-electron chi connectivity index (χ2n) is 8.16. The third kappa shape index (κ3) is 6.81. The first-order chi connectivity index (χ1) is 18.5. The maximum absolute atomic E-state index is 12.8. The molecule has 190 valence electrons. The number of pyridine rings is 1. The highest BCUT2D eigenvalue weighted by Crippen LogP contribution is 2.24. The van der Waals surface area contributed by atoms with Gasteiger partial charge in [-0.1, -0.05) is 30.7 Å². The molecule has 0 atom stereocenters. The molecule has 0 aliphatic heterocycles. The maximum Gasteiger partial charge on any atom is 0.343 e. The molecule has 0 saturated carbocycles. The third-order valence-corrected chi connectivity index (χ3v) is 5.64. The first-order valence-electron chi connectivity index (χ1n) is 12.0. The quantitative estimate of drug-likeness (QED) is 0.134. The van der Waals surface area contributed by atoms with Crippen LogP contribution >= 0.6 is 11.6 Å². The summed E-state index contributed by atoms with van der Waals surface area (Å²) in [6.45, 7) is 3.89. The Kier molecular flexibility index (Phi) is 8.80. The molecule has 0 spiro atoms. The predicted molar refractivity (Wildman–Crippen MR) is 150 cm³/mol. The number of hydrogen-bond acceptors (Lipinski definition) is 6. The number of allylic oxidation sites excluding steroid dienone is 1. The minimum absolute atomic E-state index is 0.125. The van der Waals surface area contributed by atoms with Crippen molar-refractivity contribution in [2.24, 2.45) is 4.99 Å². The van der Waals surface area contributed by atoms with Gasteiger partial charge in [-0.15, -0.1) is 0 Å². The molecule has 0 saturated heterocycles. The summed E-state index contributed by atoms with van der Waals surface area (Å²) < 4.78 is 11.0. The van der Waals surface area contributed by atoms with Crippen LogP contribution in [0.3, 0.4) is 0 Å². The van der Waals surface area contributed by atoms with Crippen molar-refractivity contribution in [2.45, 2.75) is 20.3 Å². The smallest absolute Gasteiger partial charge is 0.343 e. The Hall–Kier alpha value is -4.55. The Morgan fingerprint density at radius 1 is 0.842 bits per heavy atom. The summed E-state index contributed by atoms with van der Waals surface area (Å²) in [6, 6.07) is 23.9. The summed E-state index contributed by atoms with van der Waals surface area (Å²) in [6.07, 6.45) is 6.31. The van der Waals surface area contributed by atoms with Crippen LogP contribution in [0, 0.1) is 0 Å². The number of aliphatic imine (C=N–C) groups is 1. The zero-order chi connectivity index (χ0) is 26.9. The van der Waals surface area contributed by atoms with Gasteiger partial charge in [0.2, 0.25) is 0 Å². The number of carbonyl (C=O) groups excluding carboxylic acids is 2. The van der Waals surface area contributed by atoms with Crippen molar-refractivity contribution in [2.75, 3.05) is 0 Å². The summed E-state index contributed by atoms with van der Waals surface area (Å²) in [5.74, 6) is -0.594. The van der Waals surface area contributed by atoms with Crippen LogP contribution in [0.4, 0.5) is 0 Å². The molecule has 0 radical (unpaired) electrons. The van der Waals surface area contributed by atoms with Crippen molar-refractivity contribution in [3.63, 3.8) is 0 Å². The Morgan fingerprint density at radius 3 is 1.97 bits per heavy atom. The van der Waals surface area contributed by atoms with Gasteiger partial charge in [-0.3, -0.25) is 9.98 Å². The number of carbonyl (C=O) groups is 2. The van der Waals surface area contributed by atoms with Crippen LogP contribution in [0.5, 0.6) is 11.5 Å². The fourth-order valence-electron chi connectivity index (χ4n) is 3.66. The van der Waals surface area contributed by atoms with E-state index in [1.54, 1.807) is 36.7 Å². The van der Waals surface area contributed by atoms with Crippen LogP contribution in [0.25, 0.3) is 17.0 Å². The first-order valence-corrected chi connectivity index (χ1v) is 12.4. The number of ether oxygens (including phenoxy) is 2. The highest BCUT2D eigenvalue weighted by atomic mass is 35.5. The van der Waals surface area contributed by atoms with Gasteiger partial charge in [0.05, 0.1) is 22.5 Å². The van der Waals surface area contributed by atoms with Crippen LogP contribution in [-0.2, 0) is 0 Å². The van der Waals surface area contributed by atoms with Gasteiger partial charge in [0.1, 0.15) is 11.5 Å². The topological polar surface area (TPSA) is 77.8 Å². The second-order valence-corrected chi connectivity index (χ2v) is 8.59. The van der Waals surface area contributed by atoms with Crippen LogP contribution in [0.2, 0.25) is 5.02 Å². The van der Waals surface area contributed by atoms with Crippen molar-refractivity contribution in [3.05, 3.63) is 119 Å². The van der Waals surface area contributed by atoms with Gasteiger partial charge >= 0.3 is 11.9 Å². The molecule has 6 nitrogen and oxygen atoms in total. The van der Waals surface area contributed by atoms with Crippen molar-refractivity contribution in [1.82, 2.24) is 4.98 Å². The third-order valence-electron chi connectivity index (χ3n) is 5.42. The van der Waals surface area contributed by atoms with Crippen molar-refractivity contribution < 1.29 is 19.1 Å². The van der Waals surface area contributed by atoms with Gasteiger partial charge in [0.15, 0.2) is 0 Å². The molecular formula is C31H25ClN2O4. The average Bonchev–Trinajstić information content (AvgIpc) is 2.94. The molecule has 1 heterocycles. The lowest BCUT2D eigenvalue weighted by Gasteiger charge is -2.09. The van der Waals surface area contributed by atoms with Gasteiger partial charge < -0.3 is 9.47 Å². The number of nitrogens with zero attached hydrogens (tertiary/aromatic N) is 2. The maximum atomic E-state index is 12.8. The summed E-state index contributed by atoms with van der Waals surface area (Å²) in [4.78, 5) is 34.3. The van der Waals surface area contributed by atoms with Gasteiger partial charge in [0.25, 0.3) is 0 Å². The van der Waals surface area contributed by atoms with Gasteiger partial charge in [0, 0.05) is 28.6 Å². The van der Waals surface area contributed by atoms with Crippen LogP contribution in [-0.4, -0.2) is 23.1 Å². The molecule has 0 aliphatic carbocycles. The average molecular weight is 525 g/mol. The van der Waals surface area contributed by atoms with E-state index < -0.39 is 11.9 Å². The molecule has 7 heteroatoms. The Bertz CT molecular complexity index is 1480. The van der Waals surface area contributed by atoms with Crippen LogP contribution in [0.1, 0.15) is 46.5 Å². The zero-order valence-electron chi connectivity index (χ0n) is 20.9. The molecule has 0 amide bonds. The fourth-order valence-corrected chi connectivity index (χ4v) is 3.89. The molecule has 0 bridgehead atoms. The Balaban J connectivity index is 1.45. The second kappa shape index (κ2) is 12.6. The molecular weight excluding hydrogens is 500 g/mol. The zero-order valence-corrected chi connectivity index (χ0v) is 21.7. The first kappa shape index (κ1) is 26.5. The standard InChI is InChI=1S/C31H25ClN2O4/c1-3-7-28(33-4-2)21-9-13-26(14-10-21)37-30(35)23-18-24(20-25(32)19-23)31(36)38-27-15-11-22(12-16-27)29-8-5-6-17-34-29/h4-20H,3H2,1-2H3/b28-7-,33-4?. The fraction of sp³-hybridized carbons (Fsp3) is 0.0968. The largest absolute Gasteiger partial charge is 0.423 e. The lowest BCUT2D eigenvalue weighted by molar-refractivity contribution is 0.0734. The Morgan fingerprint density at radius 2 is 1.45 bits per heavy atom. The van der Waals surface area contributed by atoms with E-state index in [0.29, 0.717) is 11.5 Å². The number of aromatic nitrogens is 1. The van der Waals surface area contributed by atoms with E-state index in [1.807, 2.05) is 62.4 Å².